The normalized spacial score (nSPS) is 27.4. The van der Waals surface area contributed by atoms with Crippen molar-refractivity contribution in [2.24, 2.45) is 17.8 Å². The van der Waals surface area contributed by atoms with Gasteiger partial charge in [0.15, 0.2) is 0 Å². The van der Waals surface area contributed by atoms with Gasteiger partial charge in [-0.2, -0.15) is 0 Å². The fraction of sp³-hybridized carbons (Fsp3) is 0.667. The molecule has 0 bridgehead atoms. The summed E-state index contributed by atoms with van der Waals surface area (Å²) in [5.74, 6) is 3.33. The first-order chi connectivity index (χ1) is 10.1. The maximum Gasteiger partial charge on any atom is 0.133 e. The summed E-state index contributed by atoms with van der Waals surface area (Å²) in [6.45, 7) is 8.01. The number of benzene rings is 1. The summed E-state index contributed by atoms with van der Waals surface area (Å²) in [5.41, 5.74) is 1.37. The van der Waals surface area contributed by atoms with Crippen molar-refractivity contribution in [3.8, 4) is 5.75 Å². The van der Waals surface area contributed by atoms with Crippen molar-refractivity contribution < 1.29 is 4.74 Å². The predicted octanol–water partition coefficient (Wildman–Crippen LogP) is 5.18. The first-order valence-corrected chi connectivity index (χ1v) is 8.92. The lowest BCUT2D eigenvalue weighted by atomic mass is 9.72. The number of hydrogen-bond donors (Lipinski definition) is 1. The third-order valence-corrected chi connectivity index (χ3v) is 5.69. The van der Waals surface area contributed by atoms with Gasteiger partial charge in [-0.05, 0) is 70.8 Å². The number of methoxy groups -OCH3 is 1. The van der Waals surface area contributed by atoms with Crippen molar-refractivity contribution >= 4 is 15.9 Å². The zero-order valence-electron chi connectivity index (χ0n) is 13.7. The number of halogens is 1. The van der Waals surface area contributed by atoms with Crippen LogP contribution >= 0.6 is 15.9 Å². The van der Waals surface area contributed by atoms with Gasteiger partial charge in [0.25, 0.3) is 0 Å². The van der Waals surface area contributed by atoms with E-state index in [4.69, 9.17) is 4.74 Å². The van der Waals surface area contributed by atoms with Gasteiger partial charge in [0.2, 0.25) is 0 Å². The van der Waals surface area contributed by atoms with Gasteiger partial charge in [-0.15, -0.1) is 0 Å². The molecule has 4 atom stereocenters. The van der Waals surface area contributed by atoms with E-state index in [0.29, 0.717) is 6.04 Å². The van der Waals surface area contributed by atoms with E-state index in [0.717, 1.165) is 34.5 Å². The van der Waals surface area contributed by atoms with E-state index in [1.54, 1.807) is 7.11 Å². The number of nitrogens with one attached hydrogen (secondary N) is 1. The lowest BCUT2D eigenvalue weighted by molar-refractivity contribution is 0.172. The van der Waals surface area contributed by atoms with Crippen LogP contribution in [0.2, 0.25) is 0 Å². The van der Waals surface area contributed by atoms with Gasteiger partial charge in [0, 0.05) is 6.04 Å². The van der Waals surface area contributed by atoms with E-state index in [-0.39, 0.29) is 0 Å². The van der Waals surface area contributed by atoms with Gasteiger partial charge in [0.1, 0.15) is 5.75 Å². The van der Waals surface area contributed by atoms with Crippen molar-refractivity contribution in [2.75, 3.05) is 13.7 Å². The molecule has 0 amide bonds. The molecule has 3 heteroatoms. The standard InChI is InChI=1S/C18H28BrNO/c1-5-20-18(14-7-6-12(2)13(3)10-14)15-8-9-17(21-4)16(19)11-15/h8-9,11-14,18,20H,5-7,10H2,1-4H3. The second kappa shape index (κ2) is 7.64. The van der Waals surface area contributed by atoms with Gasteiger partial charge in [0.05, 0.1) is 11.6 Å². The van der Waals surface area contributed by atoms with Crippen LogP contribution in [0, 0.1) is 17.8 Å². The minimum atomic E-state index is 0.451. The van der Waals surface area contributed by atoms with Crippen LogP contribution in [0.15, 0.2) is 22.7 Å². The third-order valence-electron chi connectivity index (χ3n) is 5.07. The van der Waals surface area contributed by atoms with E-state index in [1.807, 2.05) is 0 Å². The molecule has 0 heterocycles. The molecule has 1 aliphatic rings. The number of hydrogen-bond acceptors (Lipinski definition) is 2. The molecule has 1 fully saturated rings. The summed E-state index contributed by atoms with van der Waals surface area (Å²) < 4.78 is 6.39. The highest BCUT2D eigenvalue weighted by Gasteiger charge is 2.30. The summed E-state index contributed by atoms with van der Waals surface area (Å²) in [7, 11) is 1.71. The Balaban J connectivity index is 2.20. The summed E-state index contributed by atoms with van der Waals surface area (Å²) in [5, 5.41) is 3.71. The van der Waals surface area contributed by atoms with Crippen molar-refractivity contribution in [1.29, 1.82) is 0 Å². The average Bonchev–Trinajstić information content (AvgIpc) is 2.48. The zero-order chi connectivity index (χ0) is 15.4. The van der Waals surface area contributed by atoms with Crippen LogP contribution in [0.5, 0.6) is 5.75 Å². The number of ether oxygens (including phenoxy) is 1. The van der Waals surface area contributed by atoms with Crippen LogP contribution in [0.4, 0.5) is 0 Å². The van der Waals surface area contributed by atoms with E-state index < -0.39 is 0 Å². The SMILES string of the molecule is CCNC(c1ccc(OC)c(Br)c1)C1CCC(C)C(C)C1. The maximum absolute atomic E-state index is 5.35. The molecule has 0 radical (unpaired) electrons. The smallest absolute Gasteiger partial charge is 0.133 e. The minimum absolute atomic E-state index is 0.451. The Morgan fingerprint density at radius 2 is 2.05 bits per heavy atom. The summed E-state index contributed by atoms with van der Waals surface area (Å²) >= 11 is 3.62. The maximum atomic E-state index is 5.35. The Morgan fingerprint density at radius 1 is 1.29 bits per heavy atom. The second-order valence-electron chi connectivity index (χ2n) is 6.46. The van der Waals surface area contributed by atoms with Gasteiger partial charge < -0.3 is 10.1 Å². The summed E-state index contributed by atoms with van der Waals surface area (Å²) in [6.07, 6.45) is 4.00. The predicted molar refractivity (Wildman–Crippen MR) is 92.8 cm³/mol. The first-order valence-electron chi connectivity index (χ1n) is 8.13. The first kappa shape index (κ1) is 16.8. The molecule has 0 spiro atoms. The van der Waals surface area contributed by atoms with Gasteiger partial charge in [-0.3, -0.25) is 0 Å². The molecule has 0 saturated heterocycles. The largest absolute Gasteiger partial charge is 0.496 e. The molecular formula is C18H28BrNO. The van der Waals surface area contributed by atoms with Crippen LogP contribution in [-0.2, 0) is 0 Å². The number of rotatable bonds is 5. The molecular weight excluding hydrogens is 326 g/mol. The summed E-state index contributed by atoms with van der Waals surface area (Å²) in [6, 6.07) is 6.94. The molecule has 0 aromatic heterocycles. The summed E-state index contributed by atoms with van der Waals surface area (Å²) in [4.78, 5) is 0. The second-order valence-corrected chi connectivity index (χ2v) is 7.31. The van der Waals surface area contributed by atoms with Crippen LogP contribution in [0.25, 0.3) is 0 Å². The molecule has 1 N–H and O–H groups in total. The Morgan fingerprint density at radius 3 is 2.62 bits per heavy atom. The molecule has 2 nitrogen and oxygen atoms in total. The van der Waals surface area contributed by atoms with Crippen LogP contribution in [-0.4, -0.2) is 13.7 Å². The fourth-order valence-corrected chi connectivity index (χ4v) is 4.10. The average molecular weight is 354 g/mol. The van der Waals surface area contributed by atoms with E-state index in [2.05, 4.69) is 60.2 Å². The Labute approximate surface area is 137 Å². The molecule has 0 aliphatic heterocycles. The van der Waals surface area contributed by atoms with Crippen LogP contribution < -0.4 is 10.1 Å². The topological polar surface area (TPSA) is 21.3 Å². The molecule has 1 saturated carbocycles. The van der Waals surface area contributed by atoms with Crippen molar-refractivity contribution in [3.63, 3.8) is 0 Å². The molecule has 4 unspecified atom stereocenters. The Hall–Kier alpha value is -0.540. The minimum Gasteiger partial charge on any atom is -0.496 e. The Kier molecular flexibility index (Phi) is 6.12. The Bertz CT molecular complexity index is 463. The highest BCUT2D eigenvalue weighted by molar-refractivity contribution is 9.10. The molecule has 21 heavy (non-hydrogen) atoms. The monoisotopic (exact) mass is 353 g/mol. The van der Waals surface area contributed by atoms with Gasteiger partial charge >= 0.3 is 0 Å². The van der Waals surface area contributed by atoms with E-state index in [1.165, 1.54) is 24.8 Å². The van der Waals surface area contributed by atoms with Crippen LogP contribution in [0.3, 0.4) is 0 Å². The molecule has 2 rings (SSSR count). The quantitative estimate of drug-likeness (QED) is 0.787. The lowest BCUT2D eigenvalue weighted by Crippen LogP contribution is -2.33. The van der Waals surface area contributed by atoms with Gasteiger partial charge in [-0.1, -0.05) is 33.3 Å². The third kappa shape index (κ3) is 4.01. The van der Waals surface area contributed by atoms with E-state index >= 15 is 0 Å². The fourth-order valence-electron chi connectivity index (χ4n) is 3.54. The van der Waals surface area contributed by atoms with Crippen LogP contribution in [0.1, 0.15) is 51.6 Å². The molecule has 118 valence electrons. The van der Waals surface area contributed by atoms with Crippen molar-refractivity contribution in [3.05, 3.63) is 28.2 Å². The molecule has 1 aliphatic carbocycles. The molecule has 1 aromatic rings. The highest BCUT2D eigenvalue weighted by atomic mass is 79.9. The highest BCUT2D eigenvalue weighted by Crippen LogP contribution is 2.41. The van der Waals surface area contributed by atoms with Crippen molar-refractivity contribution in [2.45, 2.75) is 46.1 Å². The zero-order valence-corrected chi connectivity index (χ0v) is 15.2. The molecule has 1 aromatic carbocycles. The van der Waals surface area contributed by atoms with Gasteiger partial charge in [-0.25, -0.2) is 0 Å². The lowest BCUT2D eigenvalue weighted by Gasteiger charge is -2.37. The van der Waals surface area contributed by atoms with Crippen molar-refractivity contribution in [1.82, 2.24) is 5.32 Å². The van der Waals surface area contributed by atoms with E-state index in [9.17, 15) is 0 Å².